The van der Waals surface area contributed by atoms with Gasteiger partial charge in [0.25, 0.3) is 5.91 Å². The van der Waals surface area contributed by atoms with Crippen molar-refractivity contribution in [3.63, 3.8) is 0 Å². The van der Waals surface area contributed by atoms with Gasteiger partial charge in [0.2, 0.25) is 5.91 Å². The van der Waals surface area contributed by atoms with Gasteiger partial charge >= 0.3 is 0 Å². The highest BCUT2D eigenvalue weighted by molar-refractivity contribution is 5.98. The molecule has 0 spiro atoms. The number of furan rings is 1. The molecule has 25 heavy (non-hydrogen) atoms. The number of hydrogen-bond donors (Lipinski definition) is 1. The lowest BCUT2D eigenvalue weighted by atomic mass is 10.1. The molecule has 2 amide bonds. The Bertz CT molecular complexity index is 768. The number of benzene rings is 1. The van der Waals surface area contributed by atoms with Crippen LogP contribution in [-0.2, 0) is 4.79 Å². The Morgan fingerprint density at radius 3 is 2.76 bits per heavy atom. The molecule has 132 valence electrons. The van der Waals surface area contributed by atoms with Gasteiger partial charge in [-0.3, -0.25) is 9.59 Å². The lowest BCUT2D eigenvalue weighted by Crippen LogP contribution is -2.22. The smallest absolute Gasteiger partial charge is 0.253 e. The highest BCUT2D eigenvalue weighted by Crippen LogP contribution is 2.48. The van der Waals surface area contributed by atoms with E-state index in [1.807, 2.05) is 19.1 Å². The summed E-state index contributed by atoms with van der Waals surface area (Å²) in [5.74, 6) is 1.22. The summed E-state index contributed by atoms with van der Waals surface area (Å²) in [6, 6.07) is 8.79. The third-order valence-electron chi connectivity index (χ3n) is 4.23. The van der Waals surface area contributed by atoms with Crippen LogP contribution in [-0.4, -0.2) is 37.4 Å². The van der Waals surface area contributed by atoms with E-state index in [2.05, 4.69) is 5.32 Å². The number of nitrogens with zero attached hydrogens (tertiary/aromatic N) is 1. The van der Waals surface area contributed by atoms with Crippen molar-refractivity contribution in [3.05, 3.63) is 47.9 Å². The molecular formula is C19H22N2O4. The molecule has 3 rings (SSSR count). The zero-order valence-electron chi connectivity index (χ0n) is 14.6. The maximum atomic E-state index is 12.5. The standard InChI is InChI=1S/C19H22N2O4/c1-4-24-17-10-12(19(23)21(2)3)7-8-15(17)20-18(22)14-11-13(14)16-6-5-9-25-16/h5-10,13-14H,4,11H2,1-3H3,(H,20,22)/t13-,14+/m0/s1. The molecule has 1 heterocycles. The lowest BCUT2D eigenvalue weighted by molar-refractivity contribution is -0.117. The third kappa shape index (κ3) is 3.68. The van der Waals surface area contributed by atoms with Gasteiger partial charge in [0.1, 0.15) is 11.5 Å². The van der Waals surface area contributed by atoms with E-state index in [9.17, 15) is 9.59 Å². The largest absolute Gasteiger partial charge is 0.492 e. The van der Waals surface area contributed by atoms with Gasteiger partial charge in [-0.05, 0) is 43.7 Å². The summed E-state index contributed by atoms with van der Waals surface area (Å²) in [4.78, 5) is 26.1. The Balaban J connectivity index is 1.73. The van der Waals surface area contributed by atoms with Gasteiger partial charge in [-0.15, -0.1) is 0 Å². The second-order valence-corrected chi connectivity index (χ2v) is 6.30. The summed E-state index contributed by atoms with van der Waals surface area (Å²) in [7, 11) is 3.39. The van der Waals surface area contributed by atoms with Gasteiger partial charge in [0, 0.05) is 31.5 Å². The summed E-state index contributed by atoms with van der Waals surface area (Å²) >= 11 is 0. The van der Waals surface area contributed by atoms with Crippen molar-refractivity contribution in [3.8, 4) is 5.75 Å². The van der Waals surface area contributed by atoms with Crippen molar-refractivity contribution < 1.29 is 18.7 Å². The molecule has 6 heteroatoms. The van der Waals surface area contributed by atoms with Crippen LogP contribution in [0.25, 0.3) is 0 Å². The number of nitrogens with one attached hydrogen (secondary N) is 1. The fourth-order valence-electron chi connectivity index (χ4n) is 2.82. The van der Waals surface area contributed by atoms with Crippen LogP contribution in [0.15, 0.2) is 41.0 Å². The Hall–Kier alpha value is -2.76. The van der Waals surface area contributed by atoms with Crippen LogP contribution in [0.3, 0.4) is 0 Å². The van der Waals surface area contributed by atoms with E-state index in [1.54, 1.807) is 38.6 Å². The minimum Gasteiger partial charge on any atom is -0.492 e. The molecule has 6 nitrogen and oxygen atoms in total. The van der Waals surface area contributed by atoms with Gasteiger partial charge in [-0.2, -0.15) is 0 Å². The van der Waals surface area contributed by atoms with Crippen molar-refractivity contribution in [2.75, 3.05) is 26.0 Å². The zero-order chi connectivity index (χ0) is 18.0. The van der Waals surface area contributed by atoms with Crippen LogP contribution in [0, 0.1) is 5.92 Å². The normalized spacial score (nSPS) is 18.5. The van der Waals surface area contributed by atoms with Gasteiger partial charge in [0.15, 0.2) is 0 Å². The van der Waals surface area contributed by atoms with Crippen molar-refractivity contribution in [2.45, 2.75) is 19.3 Å². The molecule has 1 aliphatic rings. The fourth-order valence-corrected chi connectivity index (χ4v) is 2.82. The highest BCUT2D eigenvalue weighted by atomic mass is 16.5. The van der Waals surface area contributed by atoms with Crippen molar-refractivity contribution in [2.24, 2.45) is 5.92 Å². The first-order valence-corrected chi connectivity index (χ1v) is 8.34. The van der Waals surface area contributed by atoms with Gasteiger partial charge in [-0.1, -0.05) is 0 Å². The van der Waals surface area contributed by atoms with Gasteiger partial charge < -0.3 is 19.4 Å². The predicted octanol–water partition coefficient (Wildman–Crippen LogP) is 3.12. The predicted molar refractivity (Wildman–Crippen MR) is 93.8 cm³/mol. The molecular weight excluding hydrogens is 320 g/mol. The highest BCUT2D eigenvalue weighted by Gasteiger charge is 2.46. The molecule has 0 saturated heterocycles. The van der Waals surface area contributed by atoms with Crippen molar-refractivity contribution in [1.29, 1.82) is 0 Å². The molecule has 0 radical (unpaired) electrons. The monoisotopic (exact) mass is 342 g/mol. The molecule has 1 fully saturated rings. The number of rotatable bonds is 6. The molecule has 0 unspecified atom stereocenters. The van der Waals surface area contributed by atoms with E-state index >= 15 is 0 Å². The Labute approximate surface area is 146 Å². The summed E-state index contributed by atoms with van der Waals surface area (Å²) in [5.41, 5.74) is 1.10. The zero-order valence-corrected chi connectivity index (χ0v) is 14.6. The molecule has 1 saturated carbocycles. The van der Waals surface area contributed by atoms with E-state index in [0.29, 0.717) is 23.6 Å². The molecule has 1 aromatic carbocycles. The van der Waals surface area contributed by atoms with Crippen LogP contribution in [0.2, 0.25) is 0 Å². The number of carbonyl (C=O) groups excluding carboxylic acids is 2. The Morgan fingerprint density at radius 1 is 1.32 bits per heavy atom. The first-order chi connectivity index (χ1) is 12.0. The van der Waals surface area contributed by atoms with Gasteiger partial charge in [0.05, 0.1) is 18.6 Å². The second-order valence-electron chi connectivity index (χ2n) is 6.30. The second kappa shape index (κ2) is 7.01. The molecule has 0 bridgehead atoms. The molecule has 2 atom stereocenters. The van der Waals surface area contributed by atoms with Gasteiger partial charge in [-0.25, -0.2) is 0 Å². The molecule has 1 aliphatic carbocycles. The number of ether oxygens (including phenoxy) is 1. The summed E-state index contributed by atoms with van der Waals surface area (Å²) in [6.45, 7) is 2.31. The summed E-state index contributed by atoms with van der Waals surface area (Å²) in [5, 5.41) is 2.91. The average Bonchev–Trinajstić information content (AvgIpc) is 3.21. The minimum atomic E-state index is -0.112. The lowest BCUT2D eigenvalue weighted by Gasteiger charge is -2.15. The van der Waals surface area contributed by atoms with Crippen LogP contribution < -0.4 is 10.1 Å². The number of amides is 2. The van der Waals surface area contributed by atoms with E-state index < -0.39 is 0 Å². The number of anilines is 1. The molecule has 1 aromatic heterocycles. The summed E-state index contributed by atoms with van der Waals surface area (Å²) in [6.07, 6.45) is 2.40. The quantitative estimate of drug-likeness (QED) is 0.875. The number of hydrogen-bond acceptors (Lipinski definition) is 4. The van der Waals surface area contributed by atoms with Crippen LogP contribution in [0.5, 0.6) is 5.75 Å². The van der Waals surface area contributed by atoms with E-state index in [-0.39, 0.29) is 23.7 Å². The molecule has 1 N–H and O–H groups in total. The average molecular weight is 342 g/mol. The van der Waals surface area contributed by atoms with Crippen molar-refractivity contribution in [1.82, 2.24) is 4.90 Å². The Kier molecular flexibility index (Phi) is 4.79. The fraction of sp³-hybridized carbons (Fsp3) is 0.368. The Morgan fingerprint density at radius 2 is 2.12 bits per heavy atom. The topological polar surface area (TPSA) is 71.8 Å². The van der Waals surface area contributed by atoms with Crippen LogP contribution in [0.1, 0.15) is 35.4 Å². The molecule has 2 aromatic rings. The summed E-state index contributed by atoms with van der Waals surface area (Å²) < 4.78 is 11.0. The maximum absolute atomic E-state index is 12.5. The van der Waals surface area contributed by atoms with Crippen molar-refractivity contribution >= 4 is 17.5 Å². The van der Waals surface area contributed by atoms with Crippen LogP contribution >= 0.6 is 0 Å². The number of carbonyl (C=O) groups is 2. The van der Waals surface area contributed by atoms with Crippen LogP contribution in [0.4, 0.5) is 5.69 Å². The van der Waals surface area contributed by atoms with E-state index in [4.69, 9.17) is 9.15 Å². The first-order valence-electron chi connectivity index (χ1n) is 8.34. The minimum absolute atomic E-state index is 0.0611. The van der Waals surface area contributed by atoms with E-state index in [0.717, 1.165) is 12.2 Å². The van der Waals surface area contributed by atoms with E-state index in [1.165, 1.54) is 4.90 Å². The molecule has 0 aliphatic heterocycles. The first kappa shape index (κ1) is 17.1. The third-order valence-corrected chi connectivity index (χ3v) is 4.23. The SMILES string of the molecule is CCOc1cc(C(=O)N(C)C)ccc1NC(=O)[C@@H]1C[C@@H]1c1ccco1. The maximum Gasteiger partial charge on any atom is 0.253 e.